The van der Waals surface area contributed by atoms with Gasteiger partial charge < -0.3 is 20.1 Å². The Kier molecular flexibility index (Phi) is 7.12. The fraction of sp³-hybridized carbons (Fsp3) is 0.222. The summed E-state index contributed by atoms with van der Waals surface area (Å²) in [4.78, 5) is 38.4. The summed E-state index contributed by atoms with van der Waals surface area (Å²) >= 11 is 0. The van der Waals surface area contributed by atoms with E-state index in [2.05, 4.69) is 10.1 Å². The van der Waals surface area contributed by atoms with Crippen molar-refractivity contribution in [3.05, 3.63) is 83.2 Å². The molecule has 1 aliphatic heterocycles. The molecule has 1 unspecified atom stereocenters. The molecular weight excluding hydrogens is 508 g/mol. The highest BCUT2D eigenvalue weighted by molar-refractivity contribution is 6.04. The first-order valence-corrected chi connectivity index (χ1v) is 11.5. The monoisotopic (exact) mass is 530 g/mol. The number of carboxylic acid groups (broad SMARTS) is 1. The third-order valence-electron chi connectivity index (χ3n) is 6.05. The number of carboxylic acids is 1. The van der Waals surface area contributed by atoms with E-state index in [0.717, 1.165) is 30.3 Å². The number of fused-ring (bicyclic) bond motifs is 1. The maximum absolute atomic E-state index is 15.0. The van der Waals surface area contributed by atoms with Crippen LogP contribution in [0.15, 0.2) is 60.7 Å². The van der Waals surface area contributed by atoms with Crippen LogP contribution in [-0.4, -0.2) is 40.2 Å². The van der Waals surface area contributed by atoms with Gasteiger partial charge in [0.2, 0.25) is 0 Å². The predicted octanol–water partition coefficient (Wildman–Crippen LogP) is 5.71. The molecule has 0 bridgehead atoms. The van der Waals surface area contributed by atoms with Gasteiger partial charge in [-0.05, 0) is 65.6 Å². The number of nitrogens with zero attached hydrogens (tertiary/aromatic N) is 1. The lowest BCUT2D eigenvalue weighted by atomic mass is 9.99. The first-order chi connectivity index (χ1) is 17.8. The van der Waals surface area contributed by atoms with E-state index in [1.807, 2.05) is 0 Å². The third kappa shape index (κ3) is 5.61. The quantitative estimate of drug-likeness (QED) is 0.382. The molecule has 1 atom stereocenters. The summed E-state index contributed by atoms with van der Waals surface area (Å²) < 4.78 is 55.7. The zero-order valence-electron chi connectivity index (χ0n) is 20.2. The van der Waals surface area contributed by atoms with E-state index in [0.29, 0.717) is 16.7 Å². The molecule has 0 spiro atoms. The van der Waals surface area contributed by atoms with E-state index in [1.54, 1.807) is 26.0 Å². The molecule has 0 fully saturated rings. The molecule has 0 saturated heterocycles. The Hall–Kier alpha value is -4.41. The number of hydrogen-bond acceptors (Lipinski definition) is 4. The zero-order chi connectivity index (χ0) is 27.8. The third-order valence-corrected chi connectivity index (χ3v) is 6.05. The second-order valence-corrected chi connectivity index (χ2v) is 9.05. The molecule has 7 nitrogen and oxygen atoms in total. The van der Waals surface area contributed by atoms with Crippen LogP contribution in [0.5, 0.6) is 5.75 Å². The summed E-state index contributed by atoms with van der Waals surface area (Å²) in [5, 5.41) is 12.0. The molecule has 0 radical (unpaired) electrons. The van der Waals surface area contributed by atoms with Gasteiger partial charge in [0.1, 0.15) is 17.6 Å². The summed E-state index contributed by atoms with van der Waals surface area (Å²) in [6.45, 7) is 3.57. The lowest BCUT2D eigenvalue weighted by Gasteiger charge is -2.27. The first kappa shape index (κ1) is 26.6. The van der Waals surface area contributed by atoms with Crippen LogP contribution in [0.3, 0.4) is 0 Å². The molecule has 2 N–H and O–H groups in total. The second kappa shape index (κ2) is 10.2. The van der Waals surface area contributed by atoms with Crippen molar-refractivity contribution in [2.24, 2.45) is 5.92 Å². The summed E-state index contributed by atoms with van der Waals surface area (Å²) in [5.74, 6) is -3.70. The highest BCUT2D eigenvalue weighted by atomic mass is 19.4. The highest BCUT2D eigenvalue weighted by Gasteiger charge is 2.38. The van der Waals surface area contributed by atoms with Gasteiger partial charge in [0.05, 0.1) is 0 Å². The van der Waals surface area contributed by atoms with Crippen molar-refractivity contribution in [2.75, 3.05) is 5.32 Å². The maximum Gasteiger partial charge on any atom is 0.573 e. The zero-order valence-corrected chi connectivity index (χ0v) is 20.2. The van der Waals surface area contributed by atoms with Gasteiger partial charge in [-0.2, -0.15) is 0 Å². The van der Waals surface area contributed by atoms with Crippen LogP contribution in [-0.2, 0) is 11.3 Å². The van der Waals surface area contributed by atoms with Gasteiger partial charge in [-0.25, -0.2) is 9.18 Å². The van der Waals surface area contributed by atoms with Gasteiger partial charge in [0, 0.05) is 28.9 Å². The first-order valence-electron chi connectivity index (χ1n) is 11.5. The number of benzene rings is 3. The number of amides is 2. The van der Waals surface area contributed by atoms with Gasteiger partial charge in [-0.3, -0.25) is 9.59 Å². The standard InChI is InChI=1S/C27H22F4N2O5/c1-14(2)23(26(36)37)33-13-17-4-3-16(11-21(17)25(33)35)20-10-7-18(12-22(20)28)32-24(34)15-5-8-19(9-6-15)38-27(29,30)31/h3-12,14,23H,13H2,1-2H3,(H,32,34)(H,36,37). The average Bonchev–Trinajstić information content (AvgIpc) is 3.13. The Morgan fingerprint density at radius 1 is 1.00 bits per heavy atom. The van der Waals surface area contributed by atoms with Crippen LogP contribution in [0.2, 0.25) is 0 Å². The van der Waals surface area contributed by atoms with Crippen LogP contribution in [0.4, 0.5) is 23.2 Å². The Morgan fingerprint density at radius 2 is 1.68 bits per heavy atom. The molecule has 4 rings (SSSR count). The van der Waals surface area contributed by atoms with Crippen LogP contribution in [0, 0.1) is 11.7 Å². The summed E-state index contributed by atoms with van der Waals surface area (Å²) in [6, 6.07) is 12.0. The molecule has 0 aliphatic carbocycles. The molecule has 3 aromatic rings. The molecule has 3 aromatic carbocycles. The Balaban J connectivity index is 1.50. The minimum absolute atomic E-state index is 0.0340. The largest absolute Gasteiger partial charge is 0.573 e. The van der Waals surface area contributed by atoms with E-state index in [4.69, 9.17) is 0 Å². The second-order valence-electron chi connectivity index (χ2n) is 9.05. The van der Waals surface area contributed by atoms with Gasteiger partial charge in [-0.1, -0.05) is 26.0 Å². The maximum atomic E-state index is 15.0. The van der Waals surface area contributed by atoms with Crippen molar-refractivity contribution in [3.8, 4) is 16.9 Å². The van der Waals surface area contributed by atoms with Gasteiger partial charge in [-0.15, -0.1) is 13.2 Å². The van der Waals surface area contributed by atoms with Crippen molar-refractivity contribution < 1.29 is 41.8 Å². The molecule has 0 saturated carbocycles. The van der Waals surface area contributed by atoms with Crippen LogP contribution < -0.4 is 10.1 Å². The van der Waals surface area contributed by atoms with Crippen molar-refractivity contribution in [2.45, 2.75) is 32.8 Å². The number of hydrogen-bond donors (Lipinski definition) is 2. The van der Waals surface area contributed by atoms with E-state index in [9.17, 15) is 32.7 Å². The SMILES string of the molecule is CC(C)C(C(=O)O)N1Cc2ccc(-c3ccc(NC(=O)c4ccc(OC(F)(F)F)cc4)cc3F)cc2C1=O. The highest BCUT2D eigenvalue weighted by Crippen LogP contribution is 2.33. The number of aliphatic carboxylic acids is 1. The molecular formula is C27H22F4N2O5. The number of halogens is 4. The van der Waals surface area contributed by atoms with Crippen molar-refractivity contribution in [3.63, 3.8) is 0 Å². The van der Waals surface area contributed by atoms with E-state index in [-0.39, 0.29) is 29.3 Å². The summed E-state index contributed by atoms with van der Waals surface area (Å²) in [6.07, 6.45) is -4.86. The fourth-order valence-electron chi connectivity index (χ4n) is 4.33. The Labute approximate surface area is 214 Å². The number of alkyl halides is 3. The minimum Gasteiger partial charge on any atom is -0.480 e. The molecule has 1 heterocycles. The molecule has 38 heavy (non-hydrogen) atoms. The van der Waals surface area contributed by atoms with Crippen molar-refractivity contribution in [1.82, 2.24) is 4.90 Å². The van der Waals surface area contributed by atoms with Gasteiger partial charge in [0.25, 0.3) is 11.8 Å². The van der Waals surface area contributed by atoms with E-state index < -0.39 is 41.8 Å². The average molecular weight is 530 g/mol. The van der Waals surface area contributed by atoms with Gasteiger partial charge in [0.15, 0.2) is 0 Å². The number of nitrogens with one attached hydrogen (secondary N) is 1. The van der Waals surface area contributed by atoms with E-state index >= 15 is 4.39 Å². The van der Waals surface area contributed by atoms with Crippen LogP contribution in [0.25, 0.3) is 11.1 Å². The van der Waals surface area contributed by atoms with Crippen molar-refractivity contribution >= 4 is 23.5 Å². The number of rotatable bonds is 7. The van der Waals surface area contributed by atoms with E-state index in [1.165, 1.54) is 23.1 Å². The summed E-state index contributed by atoms with van der Waals surface area (Å²) in [5.41, 5.74) is 1.63. The molecule has 0 aromatic heterocycles. The lowest BCUT2D eigenvalue weighted by Crippen LogP contribution is -2.44. The normalized spacial score (nSPS) is 13.9. The summed E-state index contributed by atoms with van der Waals surface area (Å²) in [7, 11) is 0. The number of anilines is 1. The lowest BCUT2D eigenvalue weighted by molar-refractivity contribution is -0.274. The number of ether oxygens (including phenoxy) is 1. The minimum atomic E-state index is -4.86. The van der Waals surface area contributed by atoms with Crippen LogP contribution in [0.1, 0.15) is 40.1 Å². The Morgan fingerprint density at radius 3 is 2.26 bits per heavy atom. The molecule has 1 aliphatic rings. The number of carbonyl (C=O) groups is 3. The predicted molar refractivity (Wildman–Crippen MR) is 129 cm³/mol. The topological polar surface area (TPSA) is 95.9 Å². The van der Waals surface area contributed by atoms with Crippen molar-refractivity contribution in [1.29, 1.82) is 0 Å². The van der Waals surface area contributed by atoms with Crippen LogP contribution >= 0.6 is 0 Å². The molecule has 11 heteroatoms. The van der Waals surface area contributed by atoms with Gasteiger partial charge >= 0.3 is 12.3 Å². The molecule has 2 amide bonds. The fourth-order valence-corrected chi connectivity index (χ4v) is 4.33. The smallest absolute Gasteiger partial charge is 0.480 e. The Bertz CT molecular complexity index is 1400. The molecule has 198 valence electrons. The number of carbonyl (C=O) groups excluding carboxylic acids is 2.